The molecule has 2 aromatic rings. The summed E-state index contributed by atoms with van der Waals surface area (Å²) in [5.41, 5.74) is 6.24. The Morgan fingerprint density at radius 1 is 1.15 bits per heavy atom. The number of alkyl halides is 3. The highest BCUT2D eigenvalue weighted by atomic mass is 19.4. The maximum atomic E-state index is 12.7. The number of primary amides is 1. The molecule has 2 aliphatic carbocycles. The Hall–Kier alpha value is -3.27. The lowest BCUT2D eigenvalue weighted by Crippen LogP contribution is -2.32. The van der Waals surface area contributed by atoms with Crippen molar-refractivity contribution in [3.8, 4) is 5.75 Å². The van der Waals surface area contributed by atoms with Crippen LogP contribution in [0.4, 0.5) is 13.2 Å². The number of nitrogens with one attached hydrogen (secondary N) is 1. The summed E-state index contributed by atoms with van der Waals surface area (Å²) < 4.78 is 44.0. The van der Waals surface area contributed by atoms with Gasteiger partial charge in [0.05, 0.1) is 17.3 Å². The lowest BCUT2D eigenvalue weighted by molar-refractivity contribution is -0.137. The second-order valence-electron chi connectivity index (χ2n) is 8.49. The van der Waals surface area contributed by atoms with Crippen LogP contribution < -0.4 is 15.8 Å². The summed E-state index contributed by atoms with van der Waals surface area (Å²) >= 11 is 0. The number of carbonyl (C=O) groups is 2. The average Bonchev–Trinajstić information content (AvgIpc) is 3.22. The Morgan fingerprint density at radius 2 is 1.91 bits per heavy atom. The van der Waals surface area contributed by atoms with Crippen LogP contribution in [-0.2, 0) is 17.5 Å². The van der Waals surface area contributed by atoms with Crippen molar-refractivity contribution >= 4 is 17.3 Å². The Balaban J connectivity index is 1.43. The van der Waals surface area contributed by atoms with Crippen molar-refractivity contribution in [3.05, 3.63) is 59.2 Å². The topological polar surface area (TPSA) is 107 Å². The number of nitrogens with zero attached hydrogens (tertiary/aromatic N) is 2. The van der Waals surface area contributed by atoms with E-state index < -0.39 is 17.6 Å². The van der Waals surface area contributed by atoms with Gasteiger partial charge < -0.3 is 15.8 Å². The summed E-state index contributed by atoms with van der Waals surface area (Å²) in [7, 11) is 0. The largest absolute Gasteiger partial charge is 0.490 e. The van der Waals surface area contributed by atoms with Crippen molar-refractivity contribution < 1.29 is 27.5 Å². The Kier molecular flexibility index (Phi) is 6.97. The van der Waals surface area contributed by atoms with Crippen LogP contribution in [0.25, 0.3) is 5.57 Å². The molecule has 10 heteroatoms. The standard InChI is InChI=1S/C24H25F3N4O3/c25-24(26,27)15-6-10-18(11-7-15)34-17-8-4-14(5-9-17)23-30-16(12-20(31-23)22(28)33)13-29-19-2-1-3-21(19)32/h4,6-7,10-12,17,19,29H,1-3,5,8-9,13H2,(H2,28,33)/t17?,19-/m1/s1. The molecule has 1 aromatic heterocycles. The Labute approximate surface area is 194 Å². The summed E-state index contributed by atoms with van der Waals surface area (Å²) in [6.07, 6.45) is 1.24. The number of ether oxygens (including phenoxy) is 1. The van der Waals surface area contributed by atoms with E-state index in [-0.39, 0.29) is 23.6 Å². The number of ketones is 1. The molecule has 7 nitrogen and oxygen atoms in total. The molecular formula is C24H25F3N4O3. The van der Waals surface area contributed by atoms with E-state index in [1.807, 2.05) is 6.08 Å². The zero-order valence-corrected chi connectivity index (χ0v) is 18.4. The number of halogens is 3. The van der Waals surface area contributed by atoms with E-state index in [2.05, 4.69) is 15.3 Å². The minimum absolute atomic E-state index is 0.101. The first-order valence-electron chi connectivity index (χ1n) is 11.2. The van der Waals surface area contributed by atoms with Crippen LogP contribution >= 0.6 is 0 Å². The van der Waals surface area contributed by atoms with E-state index >= 15 is 0 Å². The van der Waals surface area contributed by atoms with Crippen molar-refractivity contribution in [2.75, 3.05) is 0 Å². The van der Waals surface area contributed by atoms with Crippen molar-refractivity contribution in [3.63, 3.8) is 0 Å². The summed E-state index contributed by atoms with van der Waals surface area (Å²) in [4.78, 5) is 32.5. The molecular weight excluding hydrogens is 449 g/mol. The number of benzene rings is 1. The zero-order chi connectivity index (χ0) is 24.3. The van der Waals surface area contributed by atoms with Gasteiger partial charge in [0.2, 0.25) is 0 Å². The summed E-state index contributed by atoms with van der Waals surface area (Å²) in [6, 6.07) is 5.95. The molecule has 1 fully saturated rings. The lowest BCUT2D eigenvalue weighted by atomic mass is 9.96. The average molecular weight is 474 g/mol. The molecule has 2 atom stereocenters. The van der Waals surface area contributed by atoms with Crippen LogP contribution in [0, 0.1) is 0 Å². The van der Waals surface area contributed by atoms with Crippen molar-refractivity contribution in [1.29, 1.82) is 0 Å². The van der Waals surface area contributed by atoms with Gasteiger partial charge in [0.1, 0.15) is 23.3 Å². The van der Waals surface area contributed by atoms with E-state index in [9.17, 15) is 22.8 Å². The van der Waals surface area contributed by atoms with E-state index in [0.29, 0.717) is 49.5 Å². The van der Waals surface area contributed by atoms with Gasteiger partial charge in [-0.2, -0.15) is 13.2 Å². The zero-order valence-electron chi connectivity index (χ0n) is 18.4. The van der Waals surface area contributed by atoms with E-state index in [0.717, 1.165) is 30.5 Å². The molecule has 3 N–H and O–H groups in total. The minimum atomic E-state index is -4.39. The molecule has 2 aliphatic rings. The molecule has 0 saturated heterocycles. The Bertz CT molecular complexity index is 1100. The molecule has 180 valence electrons. The molecule has 1 unspecified atom stereocenters. The highest BCUT2D eigenvalue weighted by Crippen LogP contribution is 2.32. The molecule has 1 heterocycles. The van der Waals surface area contributed by atoms with E-state index in [1.165, 1.54) is 18.2 Å². The minimum Gasteiger partial charge on any atom is -0.490 e. The van der Waals surface area contributed by atoms with Crippen LogP contribution in [-0.4, -0.2) is 33.8 Å². The first-order chi connectivity index (χ1) is 16.2. The molecule has 0 aliphatic heterocycles. The third-order valence-corrected chi connectivity index (χ3v) is 6.00. The maximum Gasteiger partial charge on any atom is 0.416 e. The number of allylic oxidation sites excluding steroid dienone is 1. The fraction of sp³-hybridized carbons (Fsp3) is 0.417. The lowest BCUT2D eigenvalue weighted by Gasteiger charge is -2.23. The smallest absolute Gasteiger partial charge is 0.416 e. The van der Waals surface area contributed by atoms with E-state index in [4.69, 9.17) is 10.5 Å². The number of hydrogen-bond donors (Lipinski definition) is 2. The molecule has 0 radical (unpaired) electrons. The molecule has 34 heavy (non-hydrogen) atoms. The van der Waals surface area contributed by atoms with Crippen molar-refractivity contribution in [2.45, 2.75) is 63.4 Å². The van der Waals surface area contributed by atoms with Gasteiger partial charge in [-0.1, -0.05) is 6.08 Å². The predicted molar refractivity (Wildman–Crippen MR) is 118 cm³/mol. The maximum absolute atomic E-state index is 12.7. The number of carbonyl (C=O) groups excluding carboxylic acids is 2. The highest BCUT2D eigenvalue weighted by Gasteiger charge is 2.30. The van der Waals surface area contributed by atoms with Gasteiger partial charge in [-0.05, 0) is 61.6 Å². The normalized spacial score (nSPS) is 20.8. The fourth-order valence-corrected chi connectivity index (χ4v) is 4.15. The monoisotopic (exact) mass is 474 g/mol. The summed E-state index contributed by atoms with van der Waals surface area (Å²) in [6.45, 7) is 0.319. The van der Waals surface area contributed by atoms with Crippen molar-refractivity contribution in [1.82, 2.24) is 15.3 Å². The summed E-state index contributed by atoms with van der Waals surface area (Å²) in [5, 5.41) is 3.19. The van der Waals surface area contributed by atoms with Crippen LogP contribution in [0.5, 0.6) is 5.75 Å². The molecule has 0 bridgehead atoms. The first-order valence-corrected chi connectivity index (χ1v) is 11.2. The molecule has 1 amide bonds. The van der Waals surface area contributed by atoms with Crippen LogP contribution in [0.1, 0.15) is 66.1 Å². The second kappa shape index (κ2) is 9.92. The highest BCUT2D eigenvalue weighted by molar-refractivity contribution is 5.91. The first kappa shape index (κ1) is 23.9. The van der Waals surface area contributed by atoms with Crippen molar-refractivity contribution in [2.24, 2.45) is 5.73 Å². The fourth-order valence-electron chi connectivity index (χ4n) is 4.15. The van der Waals surface area contributed by atoms with Gasteiger partial charge in [0, 0.05) is 19.4 Å². The van der Waals surface area contributed by atoms with E-state index in [1.54, 1.807) is 0 Å². The third-order valence-electron chi connectivity index (χ3n) is 6.00. The number of hydrogen-bond acceptors (Lipinski definition) is 6. The van der Waals surface area contributed by atoms with Crippen LogP contribution in [0.15, 0.2) is 36.4 Å². The molecule has 1 aromatic carbocycles. The number of aromatic nitrogens is 2. The van der Waals surface area contributed by atoms with Crippen LogP contribution in [0.3, 0.4) is 0 Å². The molecule has 4 rings (SSSR count). The molecule has 0 spiro atoms. The Morgan fingerprint density at radius 3 is 2.50 bits per heavy atom. The van der Waals surface area contributed by atoms with Gasteiger partial charge in [0.15, 0.2) is 5.82 Å². The number of Topliss-reactive ketones (excluding diaryl/α,β-unsaturated/α-hetero) is 1. The van der Waals surface area contributed by atoms with Gasteiger partial charge in [-0.25, -0.2) is 9.97 Å². The quantitative estimate of drug-likeness (QED) is 0.632. The van der Waals surface area contributed by atoms with Gasteiger partial charge in [0.25, 0.3) is 5.91 Å². The van der Waals surface area contributed by atoms with Gasteiger partial charge >= 0.3 is 6.18 Å². The third kappa shape index (κ3) is 5.80. The van der Waals surface area contributed by atoms with Gasteiger partial charge in [-0.3, -0.25) is 9.59 Å². The second-order valence-corrected chi connectivity index (χ2v) is 8.49. The predicted octanol–water partition coefficient (Wildman–Crippen LogP) is 3.82. The number of nitrogens with two attached hydrogens (primary N) is 1. The van der Waals surface area contributed by atoms with Gasteiger partial charge in [-0.15, -0.1) is 0 Å². The SMILES string of the molecule is NC(=O)c1cc(CN[C@@H]2CCCC2=O)nc(C2=CCC(Oc3ccc(C(F)(F)F)cc3)CC2)n1. The van der Waals surface area contributed by atoms with Crippen LogP contribution in [0.2, 0.25) is 0 Å². The summed E-state index contributed by atoms with van der Waals surface area (Å²) in [5.74, 6) is 0.288. The number of rotatable bonds is 7. The number of amides is 1. The molecule has 1 saturated carbocycles.